The predicted molar refractivity (Wildman–Crippen MR) is 156 cm³/mol. The molecule has 0 aromatic rings. The van der Waals surface area contributed by atoms with Crippen LogP contribution in [0.5, 0.6) is 0 Å². The summed E-state index contributed by atoms with van der Waals surface area (Å²) in [7, 11) is 2.00. The third-order valence-electron chi connectivity index (χ3n) is 6.90. The Kier molecular flexibility index (Phi) is 17.7. The average Bonchev–Trinajstić information content (AvgIpc) is 3.05. The fourth-order valence-corrected chi connectivity index (χ4v) is 15.0. The van der Waals surface area contributed by atoms with Gasteiger partial charge in [0.15, 0.2) is 0 Å². The number of carbonyl (C=O) groups is 8. The van der Waals surface area contributed by atoms with Crippen molar-refractivity contribution in [3.63, 3.8) is 0 Å². The third kappa shape index (κ3) is 13.6. The van der Waals surface area contributed by atoms with E-state index in [2.05, 4.69) is 0 Å². The SMILES string of the molecule is CO[C](=O)[Sn]1([O]C(=O)CCCCCCC(=O)[O][Sn]2([C](=O)OC)[O]C(=O)CCCCCCC(=O)[O]2)[O]C(=O)CCCCCCC(=O)[O]1. The predicted octanol–water partition coefficient (Wildman–Crippen LogP) is 3.87. The van der Waals surface area contributed by atoms with Crippen molar-refractivity contribution in [1.82, 2.24) is 0 Å². The monoisotopic (exact) mass is 874 g/mol. The number of unbranched alkanes of at least 4 members (excludes halogenated alkanes) is 3. The Morgan fingerprint density at radius 3 is 1.04 bits per heavy atom. The van der Waals surface area contributed by atoms with Crippen LogP contribution in [0, 0.1) is 0 Å². The first-order valence-electron chi connectivity index (χ1n) is 15.4. The van der Waals surface area contributed by atoms with Crippen molar-refractivity contribution in [2.24, 2.45) is 0 Å². The van der Waals surface area contributed by atoms with Crippen LogP contribution in [-0.4, -0.2) is 97.2 Å². The van der Waals surface area contributed by atoms with Gasteiger partial charge in [-0.25, -0.2) is 0 Å². The van der Waals surface area contributed by atoms with E-state index in [0.717, 1.165) is 14.2 Å². The molecule has 0 aromatic heterocycles. The Morgan fingerprint density at radius 2 is 0.783 bits per heavy atom. The van der Waals surface area contributed by atoms with Gasteiger partial charge in [-0.15, -0.1) is 0 Å². The number of hydrogen-bond donors (Lipinski definition) is 0. The Bertz CT molecular complexity index is 993. The van der Waals surface area contributed by atoms with Gasteiger partial charge in [-0.3, -0.25) is 0 Å². The van der Waals surface area contributed by atoms with Crippen LogP contribution in [0.4, 0.5) is 9.59 Å². The fraction of sp³-hybridized carbons (Fsp3) is 0.714. The Hall–Kier alpha value is -2.64. The van der Waals surface area contributed by atoms with Crippen LogP contribution in [0.25, 0.3) is 0 Å². The van der Waals surface area contributed by atoms with Crippen LogP contribution >= 0.6 is 0 Å². The number of ether oxygens (including phenoxy) is 2. The van der Waals surface area contributed by atoms with Gasteiger partial charge in [0.05, 0.1) is 0 Å². The number of hydrogen-bond acceptors (Lipinski definition) is 16. The van der Waals surface area contributed by atoms with E-state index in [-0.39, 0.29) is 51.4 Å². The molecule has 0 saturated carbocycles. The van der Waals surface area contributed by atoms with Gasteiger partial charge in [-0.1, -0.05) is 0 Å². The van der Waals surface area contributed by atoms with Crippen LogP contribution in [0.1, 0.15) is 116 Å². The van der Waals surface area contributed by atoms with Crippen molar-refractivity contribution >= 4 is 83.0 Å². The van der Waals surface area contributed by atoms with Gasteiger partial charge in [-0.2, -0.15) is 0 Å². The van der Waals surface area contributed by atoms with Gasteiger partial charge in [0.1, 0.15) is 0 Å². The molecule has 0 aromatic carbocycles. The molecular formula is C28H42O16Sn2. The van der Waals surface area contributed by atoms with Crippen molar-refractivity contribution in [2.45, 2.75) is 116 Å². The molecule has 0 atom stereocenters. The molecule has 46 heavy (non-hydrogen) atoms. The normalized spacial score (nSPS) is 19.3. The summed E-state index contributed by atoms with van der Waals surface area (Å²) in [6, 6.07) is 0. The van der Waals surface area contributed by atoms with Crippen molar-refractivity contribution in [1.29, 1.82) is 0 Å². The molecule has 0 radical (unpaired) electrons. The minimum atomic E-state index is -5.82. The molecule has 0 unspecified atom stereocenters. The van der Waals surface area contributed by atoms with E-state index >= 15 is 0 Å². The molecule has 2 heterocycles. The molecule has 2 rings (SSSR count). The van der Waals surface area contributed by atoms with Crippen molar-refractivity contribution in [2.75, 3.05) is 14.2 Å². The maximum atomic E-state index is 12.7. The molecule has 0 bridgehead atoms. The molecule has 0 amide bonds. The number of carbonyl (C=O) groups excluding carboxylic acids is 8. The van der Waals surface area contributed by atoms with Crippen LogP contribution in [0.15, 0.2) is 0 Å². The molecule has 0 spiro atoms. The van der Waals surface area contributed by atoms with Gasteiger partial charge in [0.2, 0.25) is 0 Å². The number of methoxy groups -OCH3 is 2. The van der Waals surface area contributed by atoms with Crippen molar-refractivity contribution in [3.05, 3.63) is 0 Å². The van der Waals surface area contributed by atoms with Gasteiger partial charge >= 0.3 is 279 Å². The summed E-state index contributed by atoms with van der Waals surface area (Å²) in [5.74, 6) is -5.11. The quantitative estimate of drug-likeness (QED) is 0.213. The van der Waals surface area contributed by atoms with Gasteiger partial charge in [-0.05, 0) is 0 Å². The zero-order chi connectivity index (χ0) is 34.0. The molecular weight excluding hydrogens is 830 g/mol. The van der Waals surface area contributed by atoms with Gasteiger partial charge in [0, 0.05) is 0 Å². The molecule has 18 heteroatoms. The van der Waals surface area contributed by atoms with E-state index in [4.69, 9.17) is 27.9 Å². The Morgan fingerprint density at radius 1 is 0.500 bits per heavy atom. The first kappa shape index (κ1) is 39.5. The van der Waals surface area contributed by atoms with Crippen LogP contribution < -0.4 is 0 Å². The Balaban J connectivity index is 1.92. The molecule has 2 aliphatic heterocycles. The van der Waals surface area contributed by atoms with Crippen LogP contribution in [0.2, 0.25) is 0 Å². The molecule has 0 aliphatic carbocycles. The molecule has 2 saturated heterocycles. The van der Waals surface area contributed by atoms with E-state index in [1.165, 1.54) is 0 Å². The second kappa shape index (κ2) is 20.6. The minimum absolute atomic E-state index is 0.0391. The molecule has 0 N–H and O–H groups in total. The molecule has 2 fully saturated rings. The number of rotatable bonds is 11. The van der Waals surface area contributed by atoms with Crippen LogP contribution in [0.3, 0.4) is 0 Å². The zero-order valence-electron chi connectivity index (χ0n) is 26.3. The first-order chi connectivity index (χ1) is 21.9. The van der Waals surface area contributed by atoms with Crippen LogP contribution in [-0.2, 0) is 56.7 Å². The summed E-state index contributed by atoms with van der Waals surface area (Å²) in [6.07, 6.45) is 5.28. The summed E-state index contributed by atoms with van der Waals surface area (Å²) < 4.78 is 38.6. The summed E-state index contributed by atoms with van der Waals surface area (Å²) >= 11 is -11.6. The summed E-state index contributed by atoms with van der Waals surface area (Å²) in [6.45, 7) is 0. The first-order valence-corrected chi connectivity index (χ1v) is 25.3. The fourth-order valence-electron chi connectivity index (χ4n) is 4.51. The van der Waals surface area contributed by atoms with E-state index in [0.29, 0.717) is 64.2 Å². The second-order valence-electron chi connectivity index (χ2n) is 10.7. The zero-order valence-corrected chi connectivity index (χ0v) is 32.0. The third-order valence-corrected chi connectivity index (χ3v) is 19.4. The van der Waals surface area contributed by atoms with Gasteiger partial charge in [0.25, 0.3) is 0 Å². The molecule has 16 nitrogen and oxygen atoms in total. The molecule has 2 aliphatic rings. The van der Waals surface area contributed by atoms with E-state index in [1.54, 1.807) is 0 Å². The van der Waals surface area contributed by atoms with Gasteiger partial charge < -0.3 is 0 Å². The van der Waals surface area contributed by atoms with Crippen molar-refractivity contribution < 1.29 is 66.3 Å². The van der Waals surface area contributed by atoms with Crippen molar-refractivity contribution in [3.8, 4) is 0 Å². The van der Waals surface area contributed by atoms with E-state index < -0.39 is 83.0 Å². The summed E-state index contributed by atoms with van der Waals surface area (Å²) in [5.41, 5.74) is 0. The van der Waals surface area contributed by atoms with E-state index in [9.17, 15) is 38.4 Å². The standard InChI is InChI=1S/3C8H14O4.2C2H3O2.2Sn/c3*9-7(10)5-3-1-2-4-6-8(11)12;2*1-4-2-3;;/h3*1-6H2,(H,9,10)(H,11,12);2*1H3;;/q;;;;;2*+3/p-6. The average molecular weight is 872 g/mol. The topological polar surface area (TPSA) is 210 Å². The summed E-state index contributed by atoms with van der Waals surface area (Å²) in [4.78, 5) is 100. The second-order valence-corrected chi connectivity index (χ2v) is 22.9. The van der Waals surface area contributed by atoms with E-state index in [1.807, 2.05) is 0 Å². The maximum absolute atomic E-state index is 12.7. The molecule has 258 valence electrons. The Labute approximate surface area is 277 Å². The summed E-state index contributed by atoms with van der Waals surface area (Å²) in [5, 5.41) is 0.